The fourth-order valence-corrected chi connectivity index (χ4v) is 6.34. The second kappa shape index (κ2) is 11.0. The smallest absolute Gasteiger partial charge is 0.352 e. The van der Waals surface area contributed by atoms with E-state index in [1.54, 1.807) is 23.0 Å². The highest BCUT2D eigenvalue weighted by Crippen LogP contribution is 2.40. The number of fused-ring (bicyclic) bond motifs is 1. The number of methoxy groups -OCH3 is 1. The minimum atomic E-state index is -1.27. The number of ether oxygens (including phenoxy) is 1. The molecule has 210 valence electrons. The Morgan fingerprint density at radius 3 is 2.80 bits per heavy atom. The predicted octanol–water partition coefficient (Wildman–Crippen LogP) is -1.35. The van der Waals surface area contributed by atoms with Crippen LogP contribution in [-0.4, -0.2) is 81.3 Å². The molecule has 15 nitrogen and oxygen atoms in total. The molecular weight excluding hydrogens is 564 g/mol. The molecule has 0 bridgehead atoms. The normalized spacial score (nSPS) is 22.4. The molecule has 3 aliphatic rings. The molecule has 3 atom stereocenters. The number of hydrogen-bond acceptors (Lipinski definition) is 12. The molecule has 0 saturated carbocycles. The van der Waals surface area contributed by atoms with Crippen LogP contribution in [0.3, 0.4) is 0 Å². The zero-order valence-corrected chi connectivity index (χ0v) is 22.7. The van der Waals surface area contributed by atoms with Gasteiger partial charge < -0.3 is 36.8 Å². The van der Waals surface area contributed by atoms with E-state index < -0.39 is 35.3 Å². The minimum absolute atomic E-state index is 0.112. The van der Waals surface area contributed by atoms with Gasteiger partial charge in [-0.1, -0.05) is 5.16 Å². The molecule has 40 heavy (non-hydrogen) atoms. The summed E-state index contributed by atoms with van der Waals surface area (Å²) in [6, 6.07) is 0.607. The number of carboxylic acids is 1. The molecule has 0 aliphatic carbocycles. The molecule has 2 aromatic heterocycles. The van der Waals surface area contributed by atoms with Gasteiger partial charge in [0, 0.05) is 35.7 Å². The second-order valence-electron chi connectivity index (χ2n) is 8.98. The topological polar surface area (TPSA) is 215 Å². The number of hydrogen-bond donors (Lipinski definition) is 5. The fraction of sp³-hybridized carbons (Fsp3) is 0.348. The number of carbonyl (C=O) groups excluding carboxylic acids is 3. The maximum Gasteiger partial charge on any atom is 0.352 e. The van der Waals surface area contributed by atoms with Gasteiger partial charge in [-0.25, -0.2) is 9.78 Å². The van der Waals surface area contributed by atoms with Crippen molar-refractivity contribution in [3.05, 3.63) is 40.8 Å². The van der Waals surface area contributed by atoms with E-state index >= 15 is 0 Å². The Bertz CT molecular complexity index is 1460. The standard InChI is InChI=1S/C23H24N8O7S2/c1-37-12-4-11(24)6-30(7-12)5-10-8-39-21-16(20(34)31(21)17(10)22(35)36)28-19(33)15(13-9-40-23(25)27-13)29-38-14-2-3-26-18(14)32/h4,6-7,9,14,16,21H,2-3,5,8,24H2,1H3,(H4-,25,26,27,28,32,33,35,36)/p+1/b29-15-/t14-,16+,21-/m0/s1. The molecule has 5 heterocycles. The van der Waals surface area contributed by atoms with Gasteiger partial charge in [0.15, 0.2) is 29.3 Å². The van der Waals surface area contributed by atoms with E-state index in [2.05, 4.69) is 20.8 Å². The molecular formula is C23H25N8O7S2+. The molecule has 0 aromatic carbocycles. The number of thioether (sulfide) groups is 1. The first-order chi connectivity index (χ1) is 19.2. The summed E-state index contributed by atoms with van der Waals surface area (Å²) in [6.45, 7) is 0.582. The number of carbonyl (C=O) groups is 4. The lowest BCUT2D eigenvalue weighted by Crippen LogP contribution is -2.71. The summed E-state index contributed by atoms with van der Waals surface area (Å²) in [4.78, 5) is 61.0. The molecule has 5 rings (SSSR count). The van der Waals surface area contributed by atoms with Crippen LogP contribution in [0.1, 0.15) is 12.1 Å². The van der Waals surface area contributed by atoms with Crippen LogP contribution >= 0.6 is 23.1 Å². The summed E-state index contributed by atoms with van der Waals surface area (Å²) >= 11 is 2.39. The molecule has 0 spiro atoms. The largest absolute Gasteiger partial charge is 0.491 e. The van der Waals surface area contributed by atoms with Crippen LogP contribution in [0.2, 0.25) is 0 Å². The van der Waals surface area contributed by atoms with Crippen LogP contribution in [-0.2, 0) is 30.6 Å². The van der Waals surface area contributed by atoms with Crippen molar-refractivity contribution in [2.75, 3.05) is 30.9 Å². The van der Waals surface area contributed by atoms with Gasteiger partial charge in [-0.05, 0) is 0 Å². The number of nitrogens with zero attached hydrogens (tertiary/aromatic N) is 4. The summed E-state index contributed by atoms with van der Waals surface area (Å²) in [5.41, 5.74) is 12.3. The SMILES string of the molecule is COc1cc(N)c[n+](CC2=C(C(=O)O)N3C(=O)[C@@H](NC(=O)/C(=N\O[C@H]4CCNC4=O)c4csc(N)n4)[C@@H]3SC2)c1. The van der Waals surface area contributed by atoms with E-state index in [-0.39, 0.29) is 40.4 Å². The summed E-state index contributed by atoms with van der Waals surface area (Å²) in [5.74, 6) is -2.21. The first-order valence-electron chi connectivity index (χ1n) is 11.9. The first-order valence-corrected chi connectivity index (χ1v) is 13.9. The van der Waals surface area contributed by atoms with Gasteiger partial charge in [-0.2, -0.15) is 4.57 Å². The third-order valence-corrected chi connectivity index (χ3v) is 8.33. The number of thiazole rings is 1. The monoisotopic (exact) mass is 589 g/mol. The Kier molecular flexibility index (Phi) is 7.49. The number of anilines is 2. The zero-order valence-electron chi connectivity index (χ0n) is 21.0. The van der Waals surface area contributed by atoms with Gasteiger partial charge in [0.05, 0.1) is 7.11 Å². The van der Waals surface area contributed by atoms with Crippen LogP contribution < -0.4 is 31.4 Å². The lowest BCUT2D eigenvalue weighted by molar-refractivity contribution is -0.688. The number of carboxylic acid groups (broad SMARTS) is 1. The molecule has 7 N–H and O–H groups in total. The number of nitrogen functional groups attached to an aromatic ring is 2. The third-order valence-electron chi connectivity index (χ3n) is 6.31. The van der Waals surface area contributed by atoms with E-state index in [0.29, 0.717) is 30.0 Å². The Labute approximate surface area is 235 Å². The quantitative estimate of drug-likeness (QED) is 0.0997. The summed E-state index contributed by atoms with van der Waals surface area (Å²) in [5, 5.41) is 20.1. The number of aromatic nitrogens is 2. The Hall–Kier alpha value is -4.38. The van der Waals surface area contributed by atoms with Crippen molar-refractivity contribution in [3.63, 3.8) is 0 Å². The van der Waals surface area contributed by atoms with Crippen molar-refractivity contribution in [2.45, 2.75) is 30.5 Å². The molecule has 17 heteroatoms. The van der Waals surface area contributed by atoms with E-state index in [1.165, 1.54) is 24.3 Å². The molecule has 3 aliphatic heterocycles. The maximum absolute atomic E-state index is 13.2. The number of amides is 3. The Balaban J connectivity index is 1.35. The van der Waals surface area contributed by atoms with E-state index in [9.17, 15) is 24.3 Å². The average Bonchev–Trinajstić information content (AvgIpc) is 3.54. The van der Waals surface area contributed by atoms with Crippen LogP contribution in [0.4, 0.5) is 10.8 Å². The highest BCUT2D eigenvalue weighted by atomic mass is 32.2. The van der Waals surface area contributed by atoms with Crippen LogP contribution in [0, 0.1) is 0 Å². The van der Waals surface area contributed by atoms with Gasteiger partial charge >= 0.3 is 5.97 Å². The number of aliphatic carboxylic acids is 1. The van der Waals surface area contributed by atoms with E-state index in [1.807, 2.05) is 0 Å². The van der Waals surface area contributed by atoms with Crippen LogP contribution in [0.15, 0.2) is 40.3 Å². The molecule has 2 saturated heterocycles. The van der Waals surface area contributed by atoms with Crippen molar-refractivity contribution in [1.82, 2.24) is 20.5 Å². The zero-order chi connectivity index (χ0) is 28.6. The molecule has 3 amide bonds. The van der Waals surface area contributed by atoms with E-state index in [0.717, 1.165) is 16.2 Å². The predicted molar refractivity (Wildman–Crippen MR) is 143 cm³/mol. The Morgan fingerprint density at radius 1 is 1.35 bits per heavy atom. The lowest BCUT2D eigenvalue weighted by atomic mass is 10.0. The average molecular weight is 590 g/mol. The number of pyridine rings is 1. The summed E-state index contributed by atoms with van der Waals surface area (Å²) in [6.07, 6.45) is 2.81. The van der Waals surface area contributed by atoms with Gasteiger partial charge in [0.1, 0.15) is 28.5 Å². The fourth-order valence-electron chi connectivity index (χ4n) is 4.46. The number of oxime groups is 1. The highest BCUT2D eigenvalue weighted by Gasteiger charge is 2.55. The molecule has 0 unspecified atom stereocenters. The van der Waals surface area contributed by atoms with Crippen LogP contribution in [0.5, 0.6) is 5.75 Å². The number of nitrogens with one attached hydrogen (secondary N) is 2. The van der Waals surface area contributed by atoms with Gasteiger partial charge in [-0.3, -0.25) is 19.3 Å². The summed E-state index contributed by atoms with van der Waals surface area (Å²) in [7, 11) is 1.49. The maximum atomic E-state index is 13.2. The van der Waals surface area contributed by atoms with Crippen molar-refractivity contribution in [1.29, 1.82) is 0 Å². The van der Waals surface area contributed by atoms with Gasteiger partial charge in [0.25, 0.3) is 17.7 Å². The Morgan fingerprint density at radius 2 is 2.15 bits per heavy atom. The van der Waals surface area contributed by atoms with Crippen molar-refractivity contribution in [2.24, 2.45) is 5.16 Å². The van der Waals surface area contributed by atoms with Crippen molar-refractivity contribution in [3.8, 4) is 5.75 Å². The van der Waals surface area contributed by atoms with E-state index in [4.69, 9.17) is 21.0 Å². The molecule has 0 radical (unpaired) electrons. The van der Waals surface area contributed by atoms with Gasteiger partial charge in [0.2, 0.25) is 12.3 Å². The molecule has 2 fully saturated rings. The van der Waals surface area contributed by atoms with Gasteiger partial charge in [-0.15, -0.1) is 23.1 Å². The first kappa shape index (κ1) is 27.2. The number of rotatable bonds is 9. The van der Waals surface area contributed by atoms with Crippen molar-refractivity contribution < 1.29 is 38.4 Å². The summed E-state index contributed by atoms with van der Waals surface area (Å²) < 4.78 is 6.91. The lowest BCUT2D eigenvalue weighted by Gasteiger charge is -2.49. The van der Waals surface area contributed by atoms with Crippen molar-refractivity contribution >= 4 is 63.3 Å². The molecule has 2 aromatic rings. The number of nitrogens with two attached hydrogens (primary N) is 2. The van der Waals surface area contributed by atoms with Crippen LogP contribution in [0.25, 0.3) is 0 Å². The minimum Gasteiger partial charge on any atom is -0.491 e. The number of β-lactam (4-membered cyclic amide) rings is 1. The second-order valence-corrected chi connectivity index (χ2v) is 11.0. The highest BCUT2D eigenvalue weighted by molar-refractivity contribution is 8.00. The third kappa shape index (κ3) is 5.24.